The Morgan fingerprint density at radius 2 is 1.93 bits per heavy atom. The minimum absolute atomic E-state index is 0.0196. The van der Waals surface area contributed by atoms with Crippen LogP contribution < -0.4 is 0 Å². The fourth-order valence-corrected chi connectivity index (χ4v) is 4.21. The molecule has 1 aliphatic heterocycles. The zero-order valence-corrected chi connectivity index (χ0v) is 17.0. The van der Waals surface area contributed by atoms with E-state index in [1.807, 2.05) is 65.6 Å². The summed E-state index contributed by atoms with van der Waals surface area (Å²) < 4.78 is 0. The molecule has 0 radical (unpaired) electrons. The largest absolute Gasteiger partial charge is 0.330 e. The number of halogens is 1. The van der Waals surface area contributed by atoms with Gasteiger partial charge < -0.3 is 4.90 Å². The number of hydrogen-bond donors (Lipinski definition) is 0. The summed E-state index contributed by atoms with van der Waals surface area (Å²) in [5.74, 6) is 0.636. The molecule has 6 heteroatoms. The fourth-order valence-electron chi connectivity index (χ4n) is 4.02. The molecule has 3 heterocycles. The molecule has 0 bridgehead atoms. The van der Waals surface area contributed by atoms with Gasteiger partial charge in [0.15, 0.2) is 5.82 Å². The first kappa shape index (κ1) is 18.7. The third kappa shape index (κ3) is 3.53. The maximum Gasteiger partial charge on any atom is 0.254 e. The summed E-state index contributed by atoms with van der Waals surface area (Å²) in [6, 6.07) is 18.8. The van der Waals surface area contributed by atoms with Crippen molar-refractivity contribution >= 4 is 28.4 Å². The lowest BCUT2D eigenvalue weighted by atomic mass is 10.1. The zero-order valence-electron chi connectivity index (χ0n) is 16.2. The van der Waals surface area contributed by atoms with Crippen molar-refractivity contribution in [2.24, 2.45) is 0 Å². The number of benzene rings is 2. The summed E-state index contributed by atoms with van der Waals surface area (Å²) in [6.07, 6.45) is 5.34. The molecule has 1 aliphatic rings. The monoisotopic (exact) mass is 414 g/mol. The Bertz CT molecular complexity index is 1240. The zero-order chi connectivity index (χ0) is 20.5. The Morgan fingerprint density at radius 1 is 1.00 bits per heavy atom. The number of aromatic nitrogens is 3. The van der Waals surface area contributed by atoms with E-state index in [4.69, 9.17) is 16.6 Å². The Kier molecular flexibility index (Phi) is 4.89. The van der Waals surface area contributed by atoms with Gasteiger partial charge in [-0.1, -0.05) is 29.8 Å². The molecule has 5 nitrogen and oxygen atoms in total. The van der Waals surface area contributed by atoms with Gasteiger partial charge in [0.2, 0.25) is 0 Å². The van der Waals surface area contributed by atoms with Crippen molar-refractivity contribution in [2.45, 2.75) is 18.9 Å². The summed E-state index contributed by atoms with van der Waals surface area (Å²) in [4.78, 5) is 28.7. The Labute approximate surface area is 179 Å². The van der Waals surface area contributed by atoms with Crippen molar-refractivity contribution in [1.29, 1.82) is 0 Å². The van der Waals surface area contributed by atoms with E-state index in [0.29, 0.717) is 23.0 Å². The van der Waals surface area contributed by atoms with Gasteiger partial charge in [-0.05, 0) is 55.3 Å². The smallest absolute Gasteiger partial charge is 0.254 e. The van der Waals surface area contributed by atoms with Crippen LogP contribution >= 0.6 is 11.6 Å². The third-order valence-electron chi connectivity index (χ3n) is 5.46. The fraction of sp³-hybridized carbons (Fsp3) is 0.167. The van der Waals surface area contributed by atoms with Gasteiger partial charge in [0, 0.05) is 40.5 Å². The summed E-state index contributed by atoms with van der Waals surface area (Å²) in [5.41, 5.74) is 3.27. The molecule has 2 aromatic heterocycles. The summed E-state index contributed by atoms with van der Waals surface area (Å²) in [7, 11) is 0. The van der Waals surface area contributed by atoms with Crippen molar-refractivity contribution in [1.82, 2.24) is 19.9 Å². The van der Waals surface area contributed by atoms with E-state index in [-0.39, 0.29) is 11.9 Å². The summed E-state index contributed by atoms with van der Waals surface area (Å²) in [6.45, 7) is 0.713. The third-order valence-corrected chi connectivity index (χ3v) is 5.70. The Balaban J connectivity index is 1.46. The van der Waals surface area contributed by atoms with Crippen LogP contribution in [0.1, 0.15) is 34.9 Å². The number of pyridine rings is 1. The molecule has 0 spiro atoms. The van der Waals surface area contributed by atoms with Gasteiger partial charge >= 0.3 is 0 Å². The number of nitrogens with zero attached hydrogens (tertiary/aromatic N) is 4. The summed E-state index contributed by atoms with van der Waals surface area (Å²) >= 11 is 6.12. The minimum atomic E-state index is -0.0666. The van der Waals surface area contributed by atoms with E-state index in [1.54, 1.807) is 12.4 Å². The molecule has 1 atom stereocenters. The first-order valence-electron chi connectivity index (χ1n) is 9.94. The Hall–Kier alpha value is -3.31. The van der Waals surface area contributed by atoms with Crippen molar-refractivity contribution < 1.29 is 4.79 Å². The van der Waals surface area contributed by atoms with E-state index < -0.39 is 0 Å². The van der Waals surface area contributed by atoms with Gasteiger partial charge in [-0.25, -0.2) is 9.97 Å². The van der Waals surface area contributed by atoms with E-state index in [2.05, 4.69) is 9.97 Å². The molecule has 4 aromatic rings. The second-order valence-electron chi connectivity index (χ2n) is 7.38. The highest BCUT2D eigenvalue weighted by Crippen LogP contribution is 2.33. The van der Waals surface area contributed by atoms with Gasteiger partial charge in [-0.2, -0.15) is 0 Å². The molecule has 1 fully saturated rings. The highest BCUT2D eigenvalue weighted by Gasteiger charge is 2.32. The molecule has 0 aliphatic carbocycles. The molecule has 0 unspecified atom stereocenters. The van der Waals surface area contributed by atoms with Crippen molar-refractivity contribution in [3.05, 3.63) is 89.3 Å². The number of carbonyl (C=O) groups is 1. The molecule has 0 saturated carbocycles. The van der Waals surface area contributed by atoms with E-state index in [1.165, 1.54) is 0 Å². The Morgan fingerprint density at radius 3 is 2.83 bits per heavy atom. The normalized spacial score (nSPS) is 16.2. The van der Waals surface area contributed by atoms with Crippen LogP contribution in [-0.4, -0.2) is 32.3 Å². The average molecular weight is 415 g/mol. The minimum Gasteiger partial charge on any atom is -0.330 e. The number of hydrogen-bond acceptors (Lipinski definition) is 4. The molecule has 2 aromatic carbocycles. The number of likely N-dealkylation sites (tertiary alicyclic amines) is 1. The van der Waals surface area contributed by atoms with Crippen molar-refractivity contribution in [3.63, 3.8) is 0 Å². The molecule has 0 N–H and O–H groups in total. The lowest BCUT2D eigenvalue weighted by Crippen LogP contribution is -2.31. The highest BCUT2D eigenvalue weighted by atomic mass is 35.5. The van der Waals surface area contributed by atoms with Gasteiger partial charge in [0.1, 0.15) is 0 Å². The topological polar surface area (TPSA) is 59.0 Å². The molecule has 1 amide bonds. The van der Waals surface area contributed by atoms with Crippen molar-refractivity contribution in [3.8, 4) is 11.4 Å². The second kappa shape index (κ2) is 7.84. The van der Waals surface area contributed by atoms with Gasteiger partial charge in [0.25, 0.3) is 5.91 Å². The molecule has 1 saturated heterocycles. The predicted molar refractivity (Wildman–Crippen MR) is 117 cm³/mol. The predicted octanol–water partition coefficient (Wildman–Crippen LogP) is 5.32. The number of fused-ring (bicyclic) bond motifs is 1. The quantitative estimate of drug-likeness (QED) is 0.455. The van der Waals surface area contributed by atoms with Crippen LogP contribution in [0.4, 0.5) is 0 Å². The van der Waals surface area contributed by atoms with E-state index >= 15 is 0 Å². The number of carbonyl (C=O) groups excluding carboxylic acids is 1. The molecule has 30 heavy (non-hydrogen) atoms. The SMILES string of the molecule is O=C(c1ccc2ncccc2c1)N1CCC[C@H]1c1ccnc(-c2cccc(Cl)c2)n1. The van der Waals surface area contributed by atoms with Crippen LogP contribution in [0.25, 0.3) is 22.3 Å². The van der Waals surface area contributed by atoms with Gasteiger partial charge in [-0.15, -0.1) is 0 Å². The number of amides is 1. The van der Waals surface area contributed by atoms with Crippen LogP contribution in [0.2, 0.25) is 5.02 Å². The number of rotatable bonds is 3. The van der Waals surface area contributed by atoms with Crippen LogP contribution in [0, 0.1) is 0 Å². The molecule has 5 rings (SSSR count). The first-order valence-corrected chi connectivity index (χ1v) is 10.3. The van der Waals surface area contributed by atoms with E-state index in [0.717, 1.165) is 35.0 Å². The first-order chi connectivity index (χ1) is 14.7. The lowest BCUT2D eigenvalue weighted by Gasteiger charge is -2.24. The standard InChI is InChI=1S/C24H19ClN4O/c25-19-6-1-4-17(15-19)23-27-12-10-21(28-23)22-7-3-13-29(22)24(30)18-8-9-20-16(14-18)5-2-11-26-20/h1-2,4-6,8-12,14-15,22H,3,7,13H2/t22-/m0/s1. The highest BCUT2D eigenvalue weighted by molar-refractivity contribution is 6.30. The second-order valence-corrected chi connectivity index (χ2v) is 7.82. The average Bonchev–Trinajstić information content (AvgIpc) is 3.28. The molecular formula is C24H19ClN4O. The van der Waals surface area contributed by atoms with Gasteiger partial charge in [-0.3, -0.25) is 9.78 Å². The van der Waals surface area contributed by atoms with Crippen LogP contribution in [-0.2, 0) is 0 Å². The van der Waals surface area contributed by atoms with Crippen LogP contribution in [0.15, 0.2) is 73.1 Å². The molecular weight excluding hydrogens is 396 g/mol. The van der Waals surface area contributed by atoms with E-state index in [9.17, 15) is 4.79 Å². The van der Waals surface area contributed by atoms with Crippen LogP contribution in [0.5, 0.6) is 0 Å². The van der Waals surface area contributed by atoms with Gasteiger partial charge in [0.05, 0.1) is 17.3 Å². The van der Waals surface area contributed by atoms with Crippen LogP contribution in [0.3, 0.4) is 0 Å². The molecule has 148 valence electrons. The van der Waals surface area contributed by atoms with Crippen molar-refractivity contribution in [2.75, 3.05) is 6.54 Å². The maximum atomic E-state index is 13.3. The lowest BCUT2D eigenvalue weighted by molar-refractivity contribution is 0.0733. The summed E-state index contributed by atoms with van der Waals surface area (Å²) in [5, 5.41) is 1.61. The maximum absolute atomic E-state index is 13.3.